The smallest absolute Gasteiger partial charge is 0.259 e. The van der Waals surface area contributed by atoms with Gasteiger partial charge in [-0.15, -0.1) is 0 Å². The maximum Gasteiger partial charge on any atom is 0.259 e. The number of carbonyl (C=O) groups is 1. The number of anilines is 3. The molecule has 3 aromatic rings. The Morgan fingerprint density at radius 3 is 2.39 bits per heavy atom. The Hall–Kier alpha value is -2.30. The normalized spacial score (nSPS) is 12.9. The molecule has 0 radical (unpaired) electrons. The van der Waals surface area contributed by atoms with Gasteiger partial charge in [0.1, 0.15) is 5.82 Å². The number of nitrogens with zero attached hydrogens (tertiary/aromatic N) is 1. The number of halogens is 2. The van der Waals surface area contributed by atoms with Gasteiger partial charge in [-0.25, -0.2) is 4.98 Å². The number of rotatable bonds is 0. The molecule has 0 saturated heterocycles. The molecule has 2 N–H and O–H groups in total. The second kappa shape index (κ2) is 5.11. The zero-order valence-electron chi connectivity index (χ0n) is 12.1. The molecule has 0 aliphatic carbocycles. The highest BCUT2D eigenvalue weighted by Crippen LogP contribution is 2.37. The number of carbonyl (C=O) groups excluding carboxylic acids is 1. The fourth-order valence-electron chi connectivity index (χ4n) is 2.64. The van der Waals surface area contributed by atoms with E-state index in [2.05, 4.69) is 15.6 Å². The molecular formula is C17H11Cl2N3O. The molecule has 0 saturated carbocycles. The lowest BCUT2D eigenvalue weighted by Gasteiger charge is -2.10. The van der Waals surface area contributed by atoms with E-state index in [9.17, 15) is 4.79 Å². The highest BCUT2D eigenvalue weighted by molar-refractivity contribution is 6.42. The van der Waals surface area contributed by atoms with Crippen LogP contribution in [-0.2, 0) is 0 Å². The number of fused-ring (bicyclic) bond motifs is 3. The van der Waals surface area contributed by atoms with Crippen molar-refractivity contribution in [2.75, 3.05) is 10.6 Å². The van der Waals surface area contributed by atoms with E-state index in [1.165, 1.54) is 0 Å². The molecule has 4 nitrogen and oxygen atoms in total. The Kier molecular flexibility index (Phi) is 3.18. The molecule has 114 valence electrons. The number of benzene rings is 2. The number of aryl methyl sites for hydroxylation is 1. The van der Waals surface area contributed by atoms with Gasteiger partial charge in [-0.1, -0.05) is 34.8 Å². The van der Waals surface area contributed by atoms with E-state index >= 15 is 0 Å². The summed E-state index contributed by atoms with van der Waals surface area (Å²) in [7, 11) is 0. The summed E-state index contributed by atoms with van der Waals surface area (Å²) in [6, 6.07) is 11.1. The SMILES string of the molecule is Cc1ccc2nc3c(cc2c1)C(=O)Nc1cc(Cl)c(Cl)cc1N3. The number of aromatic nitrogens is 1. The minimum atomic E-state index is -0.236. The summed E-state index contributed by atoms with van der Waals surface area (Å²) < 4.78 is 0. The Morgan fingerprint density at radius 2 is 1.65 bits per heavy atom. The van der Waals surface area contributed by atoms with Crippen LogP contribution in [0.25, 0.3) is 10.9 Å². The lowest BCUT2D eigenvalue weighted by atomic mass is 10.1. The van der Waals surface area contributed by atoms with Gasteiger partial charge in [-0.05, 0) is 37.3 Å². The van der Waals surface area contributed by atoms with Crippen molar-refractivity contribution in [1.29, 1.82) is 0 Å². The van der Waals surface area contributed by atoms with Crippen LogP contribution in [0.3, 0.4) is 0 Å². The maximum atomic E-state index is 12.5. The number of hydrogen-bond acceptors (Lipinski definition) is 3. The van der Waals surface area contributed by atoms with Crippen LogP contribution < -0.4 is 10.6 Å². The van der Waals surface area contributed by atoms with E-state index in [1.54, 1.807) is 12.1 Å². The summed E-state index contributed by atoms with van der Waals surface area (Å²) in [6.45, 7) is 2.00. The lowest BCUT2D eigenvalue weighted by Crippen LogP contribution is -2.11. The summed E-state index contributed by atoms with van der Waals surface area (Å²) in [5.74, 6) is 0.261. The van der Waals surface area contributed by atoms with Crippen LogP contribution in [0.5, 0.6) is 0 Å². The molecule has 0 atom stereocenters. The Bertz CT molecular complexity index is 985. The van der Waals surface area contributed by atoms with Crippen molar-refractivity contribution >= 4 is 57.2 Å². The van der Waals surface area contributed by atoms with Crippen LogP contribution in [0, 0.1) is 6.92 Å². The average Bonchev–Trinajstić information content (AvgIpc) is 2.63. The van der Waals surface area contributed by atoms with Crippen LogP contribution in [0.2, 0.25) is 10.0 Å². The first-order valence-corrected chi connectivity index (χ1v) is 7.76. The zero-order chi connectivity index (χ0) is 16.1. The Labute approximate surface area is 142 Å². The molecule has 0 spiro atoms. The van der Waals surface area contributed by atoms with Gasteiger partial charge in [0.25, 0.3) is 5.91 Å². The van der Waals surface area contributed by atoms with E-state index in [4.69, 9.17) is 23.2 Å². The van der Waals surface area contributed by atoms with Gasteiger partial charge >= 0.3 is 0 Å². The molecule has 1 aliphatic rings. The molecule has 23 heavy (non-hydrogen) atoms. The van der Waals surface area contributed by atoms with Gasteiger partial charge in [-0.3, -0.25) is 4.79 Å². The van der Waals surface area contributed by atoms with Crippen LogP contribution in [0.1, 0.15) is 15.9 Å². The first-order valence-electron chi connectivity index (χ1n) is 7.00. The summed E-state index contributed by atoms with van der Waals surface area (Å²) >= 11 is 12.1. The molecule has 0 unspecified atom stereocenters. The quantitative estimate of drug-likeness (QED) is 0.592. The van der Waals surface area contributed by atoms with Gasteiger partial charge in [0.15, 0.2) is 0 Å². The number of nitrogens with one attached hydrogen (secondary N) is 2. The molecule has 1 aliphatic heterocycles. The summed E-state index contributed by atoms with van der Waals surface area (Å²) in [6.07, 6.45) is 0. The third-order valence-corrected chi connectivity index (χ3v) is 4.50. The minimum absolute atomic E-state index is 0.236. The third kappa shape index (κ3) is 2.40. The largest absolute Gasteiger partial charge is 0.338 e. The molecule has 0 fully saturated rings. The maximum absolute atomic E-state index is 12.5. The first-order chi connectivity index (χ1) is 11.0. The van der Waals surface area contributed by atoms with Gasteiger partial charge in [0.2, 0.25) is 0 Å². The monoisotopic (exact) mass is 343 g/mol. The average molecular weight is 344 g/mol. The van der Waals surface area contributed by atoms with E-state index in [0.29, 0.717) is 32.8 Å². The van der Waals surface area contributed by atoms with Crippen LogP contribution in [-0.4, -0.2) is 10.9 Å². The number of amides is 1. The Balaban J connectivity index is 1.93. The standard InChI is InChI=1S/C17H11Cl2N3O/c1-8-2-3-13-9(4-8)5-10-16(20-13)21-14-6-11(18)12(19)7-15(14)22-17(10)23/h2-7H,1H3,(H,20,21)(H,22,23). The van der Waals surface area contributed by atoms with Crippen molar-refractivity contribution in [3.8, 4) is 0 Å². The minimum Gasteiger partial charge on any atom is -0.338 e. The van der Waals surface area contributed by atoms with Crippen LogP contribution in [0.15, 0.2) is 36.4 Å². The molecule has 4 rings (SSSR count). The second-order valence-electron chi connectivity index (χ2n) is 5.47. The van der Waals surface area contributed by atoms with Crippen LogP contribution >= 0.6 is 23.2 Å². The van der Waals surface area contributed by atoms with Crippen molar-refractivity contribution in [2.45, 2.75) is 6.92 Å². The molecule has 2 aromatic carbocycles. The molecule has 6 heteroatoms. The summed E-state index contributed by atoms with van der Waals surface area (Å²) in [5.41, 5.74) is 3.64. The van der Waals surface area contributed by atoms with E-state index < -0.39 is 0 Å². The lowest BCUT2D eigenvalue weighted by molar-refractivity contribution is 0.102. The van der Waals surface area contributed by atoms with Crippen molar-refractivity contribution < 1.29 is 4.79 Å². The summed E-state index contributed by atoms with van der Waals surface area (Å²) in [5, 5.41) is 7.72. The van der Waals surface area contributed by atoms with Gasteiger partial charge in [0.05, 0.1) is 32.5 Å². The fraction of sp³-hybridized carbons (Fsp3) is 0.0588. The Morgan fingerprint density at radius 1 is 0.957 bits per heavy atom. The number of pyridine rings is 1. The van der Waals surface area contributed by atoms with E-state index in [1.807, 2.05) is 31.2 Å². The van der Waals surface area contributed by atoms with Gasteiger partial charge in [-0.2, -0.15) is 0 Å². The topological polar surface area (TPSA) is 54.0 Å². The van der Waals surface area contributed by atoms with E-state index in [0.717, 1.165) is 16.5 Å². The van der Waals surface area contributed by atoms with Crippen molar-refractivity contribution in [3.05, 3.63) is 57.6 Å². The molecular weight excluding hydrogens is 333 g/mol. The van der Waals surface area contributed by atoms with Crippen LogP contribution in [0.4, 0.5) is 17.2 Å². The van der Waals surface area contributed by atoms with E-state index in [-0.39, 0.29) is 5.91 Å². The summed E-state index contributed by atoms with van der Waals surface area (Å²) in [4.78, 5) is 17.1. The zero-order valence-corrected chi connectivity index (χ0v) is 13.6. The number of hydrogen-bond donors (Lipinski definition) is 2. The second-order valence-corrected chi connectivity index (χ2v) is 6.29. The van der Waals surface area contributed by atoms with Crippen molar-refractivity contribution in [2.24, 2.45) is 0 Å². The highest BCUT2D eigenvalue weighted by atomic mass is 35.5. The predicted molar refractivity (Wildman–Crippen MR) is 94.2 cm³/mol. The molecule has 1 aromatic heterocycles. The highest BCUT2D eigenvalue weighted by Gasteiger charge is 2.22. The van der Waals surface area contributed by atoms with Gasteiger partial charge < -0.3 is 10.6 Å². The first kappa shape index (κ1) is 14.3. The third-order valence-electron chi connectivity index (χ3n) is 3.78. The molecule has 0 bridgehead atoms. The van der Waals surface area contributed by atoms with Gasteiger partial charge in [0, 0.05) is 5.39 Å². The fourth-order valence-corrected chi connectivity index (χ4v) is 2.96. The van der Waals surface area contributed by atoms with Crippen molar-refractivity contribution in [1.82, 2.24) is 4.98 Å². The van der Waals surface area contributed by atoms with Crippen molar-refractivity contribution in [3.63, 3.8) is 0 Å². The molecule has 1 amide bonds. The predicted octanol–water partition coefficient (Wildman–Crippen LogP) is 5.16. The molecule has 2 heterocycles.